The van der Waals surface area contributed by atoms with Crippen LogP contribution in [0.5, 0.6) is 0 Å². The van der Waals surface area contributed by atoms with Gasteiger partial charge < -0.3 is 5.32 Å². The molecule has 6 nitrogen and oxygen atoms in total. The fourth-order valence-electron chi connectivity index (χ4n) is 2.48. The third kappa shape index (κ3) is 3.66. The average Bonchev–Trinajstić information content (AvgIpc) is 2.64. The zero-order valence-electron chi connectivity index (χ0n) is 14.0. The third-order valence-electron chi connectivity index (χ3n) is 3.91. The van der Waals surface area contributed by atoms with Crippen molar-refractivity contribution in [3.05, 3.63) is 70.5 Å². The Kier molecular flexibility index (Phi) is 4.88. The number of nitrogens with zero attached hydrogens (tertiary/aromatic N) is 2. The van der Waals surface area contributed by atoms with Gasteiger partial charge in [-0.05, 0) is 36.4 Å². The molecule has 2 aromatic carbocycles. The van der Waals surface area contributed by atoms with E-state index in [0.717, 1.165) is 0 Å². The van der Waals surface area contributed by atoms with Gasteiger partial charge in [0.05, 0.1) is 23.8 Å². The van der Waals surface area contributed by atoms with Crippen molar-refractivity contribution < 1.29 is 14.0 Å². The summed E-state index contributed by atoms with van der Waals surface area (Å²) < 4.78 is 14.4. The quantitative estimate of drug-likeness (QED) is 0.715. The number of aromatic nitrogens is 2. The van der Waals surface area contributed by atoms with Crippen LogP contribution in [0.4, 0.5) is 10.1 Å². The molecule has 0 aliphatic rings. The maximum absolute atomic E-state index is 13.2. The molecule has 0 unspecified atom stereocenters. The number of nitrogens with one attached hydrogen (secondary N) is 1. The van der Waals surface area contributed by atoms with Gasteiger partial charge >= 0.3 is 0 Å². The molecule has 1 heterocycles. The number of halogens is 1. The standard InChI is InChI=1S/C19H16FN3O3/c1-2-18(25)22-14-6-3-12(4-7-14)17(24)10-23-11-21-16-9-13(20)5-8-15(16)19(23)26/h3-9,11H,2,10H2,1H3,(H,22,25). The highest BCUT2D eigenvalue weighted by molar-refractivity contribution is 5.97. The molecule has 26 heavy (non-hydrogen) atoms. The van der Waals surface area contributed by atoms with Crippen molar-refractivity contribution in [2.45, 2.75) is 19.9 Å². The Morgan fingerprint density at radius 1 is 1.15 bits per heavy atom. The molecule has 0 saturated heterocycles. The van der Waals surface area contributed by atoms with Crippen LogP contribution in [-0.4, -0.2) is 21.2 Å². The molecule has 0 fully saturated rings. The molecule has 3 rings (SSSR count). The van der Waals surface area contributed by atoms with Crippen LogP contribution in [0.15, 0.2) is 53.6 Å². The van der Waals surface area contributed by atoms with Crippen LogP contribution in [0.1, 0.15) is 23.7 Å². The first-order valence-corrected chi connectivity index (χ1v) is 8.05. The molecule has 0 atom stereocenters. The molecule has 0 spiro atoms. The van der Waals surface area contributed by atoms with Gasteiger partial charge in [0, 0.05) is 23.7 Å². The van der Waals surface area contributed by atoms with Gasteiger partial charge in [0.1, 0.15) is 5.82 Å². The average molecular weight is 353 g/mol. The van der Waals surface area contributed by atoms with Crippen molar-refractivity contribution >= 4 is 28.3 Å². The number of benzene rings is 2. The Hall–Kier alpha value is -3.35. The lowest BCUT2D eigenvalue weighted by Gasteiger charge is -2.07. The summed E-state index contributed by atoms with van der Waals surface area (Å²) in [6, 6.07) is 10.1. The van der Waals surface area contributed by atoms with Crippen LogP contribution in [0.2, 0.25) is 0 Å². The molecule has 0 aliphatic carbocycles. The van der Waals surface area contributed by atoms with Crippen LogP contribution in [0, 0.1) is 5.82 Å². The van der Waals surface area contributed by atoms with Crippen molar-refractivity contribution in [1.29, 1.82) is 0 Å². The van der Waals surface area contributed by atoms with Gasteiger partial charge in [-0.25, -0.2) is 9.37 Å². The topological polar surface area (TPSA) is 81.1 Å². The lowest BCUT2D eigenvalue weighted by molar-refractivity contribution is -0.115. The number of ketones is 1. The molecule has 1 amide bonds. The van der Waals surface area contributed by atoms with Crippen molar-refractivity contribution in [1.82, 2.24) is 9.55 Å². The predicted octanol–water partition coefficient (Wildman–Crippen LogP) is 2.77. The largest absolute Gasteiger partial charge is 0.326 e. The minimum Gasteiger partial charge on any atom is -0.326 e. The zero-order valence-corrected chi connectivity index (χ0v) is 14.0. The number of carbonyl (C=O) groups excluding carboxylic acids is 2. The summed E-state index contributed by atoms with van der Waals surface area (Å²) in [7, 11) is 0. The Morgan fingerprint density at radius 3 is 2.58 bits per heavy atom. The third-order valence-corrected chi connectivity index (χ3v) is 3.91. The smallest absolute Gasteiger partial charge is 0.261 e. The van der Waals surface area contributed by atoms with E-state index >= 15 is 0 Å². The summed E-state index contributed by atoms with van der Waals surface area (Å²) in [5.74, 6) is -0.869. The molecule has 132 valence electrons. The summed E-state index contributed by atoms with van der Waals surface area (Å²) in [4.78, 5) is 40.2. The van der Waals surface area contributed by atoms with Gasteiger partial charge in [0.25, 0.3) is 5.56 Å². The molecule has 0 aliphatic heterocycles. The fraction of sp³-hybridized carbons (Fsp3) is 0.158. The number of hydrogen-bond donors (Lipinski definition) is 1. The van der Waals surface area contributed by atoms with Crippen molar-refractivity contribution in [2.24, 2.45) is 0 Å². The monoisotopic (exact) mass is 353 g/mol. The summed E-state index contributed by atoms with van der Waals surface area (Å²) >= 11 is 0. The van der Waals surface area contributed by atoms with E-state index in [1.165, 1.54) is 29.1 Å². The van der Waals surface area contributed by atoms with E-state index in [-0.39, 0.29) is 29.1 Å². The van der Waals surface area contributed by atoms with E-state index in [2.05, 4.69) is 10.3 Å². The molecule has 3 aromatic rings. The highest BCUT2D eigenvalue weighted by Gasteiger charge is 2.11. The van der Waals surface area contributed by atoms with Gasteiger partial charge in [-0.3, -0.25) is 19.0 Å². The summed E-state index contributed by atoms with van der Waals surface area (Å²) in [6.07, 6.45) is 1.60. The molecular weight excluding hydrogens is 337 g/mol. The number of amides is 1. The molecule has 7 heteroatoms. The number of hydrogen-bond acceptors (Lipinski definition) is 4. The van der Waals surface area contributed by atoms with E-state index in [1.54, 1.807) is 31.2 Å². The Labute approximate surface area is 148 Å². The first-order valence-electron chi connectivity index (χ1n) is 8.05. The van der Waals surface area contributed by atoms with E-state index in [9.17, 15) is 18.8 Å². The minimum atomic E-state index is -0.478. The number of anilines is 1. The van der Waals surface area contributed by atoms with Gasteiger partial charge in [-0.1, -0.05) is 6.92 Å². The second-order valence-corrected chi connectivity index (χ2v) is 5.74. The summed E-state index contributed by atoms with van der Waals surface area (Å²) in [5.41, 5.74) is 0.843. The number of Topliss-reactive ketones (excluding diaryl/α,β-unsaturated/α-hetero) is 1. The van der Waals surface area contributed by atoms with Gasteiger partial charge in [0.15, 0.2) is 5.78 Å². The SMILES string of the molecule is CCC(=O)Nc1ccc(C(=O)Cn2cnc3cc(F)ccc3c2=O)cc1. The van der Waals surface area contributed by atoms with Gasteiger partial charge in [0.2, 0.25) is 5.91 Å². The van der Waals surface area contributed by atoms with Gasteiger partial charge in [-0.2, -0.15) is 0 Å². The van der Waals surface area contributed by atoms with E-state index in [1.807, 2.05) is 0 Å². The second-order valence-electron chi connectivity index (χ2n) is 5.74. The molecule has 1 aromatic heterocycles. The first-order chi connectivity index (χ1) is 12.5. The van der Waals surface area contributed by atoms with Crippen LogP contribution < -0.4 is 10.9 Å². The maximum atomic E-state index is 13.2. The van der Waals surface area contributed by atoms with E-state index in [4.69, 9.17) is 0 Å². The lowest BCUT2D eigenvalue weighted by Crippen LogP contribution is -2.24. The normalized spacial score (nSPS) is 10.7. The number of carbonyl (C=O) groups is 2. The number of rotatable bonds is 5. The van der Waals surface area contributed by atoms with Gasteiger partial charge in [-0.15, -0.1) is 0 Å². The van der Waals surface area contributed by atoms with Crippen LogP contribution in [0.3, 0.4) is 0 Å². The zero-order chi connectivity index (χ0) is 18.7. The highest BCUT2D eigenvalue weighted by atomic mass is 19.1. The van der Waals surface area contributed by atoms with Crippen LogP contribution in [0.25, 0.3) is 10.9 Å². The lowest BCUT2D eigenvalue weighted by atomic mass is 10.1. The molecule has 0 radical (unpaired) electrons. The Bertz CT molecular complexity index is 1040. The highest BCUT2D eigenvalue weighted by Crippen LogP contribution is 2.12. The predicted molar refractivity (Wildman–Crippen MR) is 95.7 cm³/mol. The second kappa shape index (κ2) is 7.26. The minimum absolute atomic E-state index is 0.116. The maximum Gasteiger partial charge on any atom is 0.261 e. The molecule has 1 N–H and O–H groups in total. The first kappa shape index (κ1) is 17.5. The van der Waals surface area contributed by atoms with Crippen molar-refractivity contribution in [2.75, 3.05) is 5.32 Å². The van der Waals surface area contributed by atoms with E-state index < -0.39 is 11.4 Å². The fourth-order valence-corrected chi connectivity index (χ4v) is 2.48. The van der Waals surface area contributed by atoms with Crippen molar-refractivity contribution in [3.63, 3.8) is 0 Å². The number of fused-ring (bicyclic) bond motifs is 1. The van der Waals surface area contributed by atoms with Crippen LogP contribution in [-0.2, 0) is 11.3 Å². The molecule has 0 bridgehead atoms. The Balaban J connectivity index is 1.80. The van der Waals surface area contributed by atoms with Crippen LogP contribution >= 0.6 is 0 Å². The summed E-state index contributed by atoms with van der Waals surface area (Å²) in [5, 5.41) is 2.94. The molecular formula is C19H16FN3O3. The summed E-state index contributed by atoms with van der Waals surface area (Å²) in [6.45, 7) is 1.57. The van der Waals surface area contributed by atoms with E-state index in [0.29, 0.717) is 17.7 Å². The van der Waals surface area contributed by atoms with Crippen molar-refractivity contribution in [3.8, 4) is 0 Å². The Morgan fingerprint density at radius 2 is 1.88 bits per heavy atom. The molecule has 0 saturated carbocycles.